The monoisotopic (exact) mass is 311 g/mol. The maximum Gasteiger partial charge on any atom is 0.255 e. The topological polar surface area (TPSA) is 29.5 Å². The average molecular weight is 312 g/mol. The fourth-order valence-corrected chi connectivity index (χ4v) is 3.08. The van der Waals surface area contributed by atoms with Crippen LogP contribution in [0.25, 0.3) is 0 Å². The molecule has 1 saturated heterocycles. The van der Waals surface area contributed by atoms with Crippen LogP contribution >= 0.6 is 11.6 Å². The van der Waals surface area contributed by atoms with Crippen molar-refractivity contribution >= 4 is 17.5 Å². The van der Waals surface area contributed by atoms with Gasteiger partial charge in [-0.05, 0) is 44.7 Å². The molecule has 5 heteroatoms. The molecule has 0 unspecified atom stereocenters. The highest BCUT2D eigenvalue weighted by atomic mass is 35.5. The van der Waals surface area contributed by atoms with E-state index in [1.807, 2.05) is 6.92 Å². The van der Waals surface area contributed by atoms with Crippen molar-refractivity contribution in [3.63, 3.8) is 0 Å². The Hall–Kier alpha value is -1.13. The van der Waals surface area contributed by atoms with Gasteiger partial charge in [0.2, 0.25) is 0 Å². The van der Waals surface area contributed by atoms with Gasteiger partial charge in [0, 0.05) is 23.2 Å². The van der Waals surface area contributed by atoms with Gasteiger partial charge in [0.05, 0.1) is 6.54 Å². The molecule has 1 aromatic carbocycles. The lowest BCUT2D eigenvalue weighted by molar-refractivity contribution is -0.152. The fraction of sp³-hybridized carbons (Fsp3) is 0.562. The summed E-state index contributed by atoms with van der Waals surface area (Å²) >= 11 is 6.09. The minimum absolute atomic E-state index is 0.0400. The summed E-state index contributed by atoms with van der Waals surface area (Å²) in [5.74, 6) is -0.403. The number of amides is 1. The van der Waals surface area contributed by atoms with Crippen LogP contribution in [0.1, 0.15) is 38.2 Å². The van der Waals surface area contributed by atoms with Gasteiger partial charge in [0.15, 0.2) is 0 Å². The molecule has 1 aliphatic heterocycles. The quantitative estimate of drug-likeness (QED) is 0.851. The molecule has 1 heterocycles. The molecule has 1 amide bonds. The van der Waals surface area contributed by atoms with Crippen molar-refractivity contribution in [2.75, 3.05) is 6.61 Å². The van der Waals surface area contributed by atoms with Crippen LogP contribution in [-0.2, 0) is 16.1 Å². The fourth-order valence-electron chi connectivity index (χ4n) is 2.86. The van der Waals surface area contributed by atoms with Crippen molar-refractivity contribution in [1.29, 1.82) is 0 Å². The molecule has 114 valence electrons. The lowest BCUT2D eigenvalue weighted by Gasteiger charge is -2.31. The summed E-state index contributed by atoms with van der Waals surface area (Å²) in [6, 6.07) is 4.80. The molecule has 0 radical (unpaired) electrons. The molecule has 1 saturated carbocycles. The summed E-state index contributed by atoms with van der Waals surface area (Å²) in [4.78, 5) is 14.6. The first-order chi connectivity index (χ1) is 10.0. The zero-order valence-corrected chi connectivity index (χ0v) is 12.8. The molecular formula is C16H19ClFNO2. The molecule has 1 aromatic rings. The zero-order chi connectivity index (χ0) is 15.0. The van der Waals surface area contributed by atoms with E-state index >= 15 is 0 Å². The van der Waals surface area contributed by atoms with Crippen molar-refractivity contribution in [3.05, 3.63) is 34.6 Å². The van der Waals surface area contributed by atoms with Crippen molar-refractivity contribution < 1.29 is 13.9 Å². The Morgan fingerprint density at radius 2 is 2.29 bits per heavy atom. The summed E-state index contributed by atoms with van der Waals surface area (Å²) < 4.78 is 19.6. The van der Waals surface area contributed by atoms with E-state index in [9.17, 15) is 9.18 Å². The Kier molecular flexibility index (Phi) is 3.93. The van der Waals surface area contributed by atoms with Crippen LogP contribution in [0.15, 0.2) is 18.2 Å². The third-order valence-corrected chi connectivity index (χ3v) is 4.66. The Balaban J connectivity index is 1.84. The van der Waals surface area contributed by atoms with E-state index in [0.29, 0.717) is 17.2 Å². The number of carbonyl (C=O) groups excluding carboxylic acids is 1. The van der Waals surface area contributed by atoms with Crippen molar-refractivity contribution in [2.24, 2.45) is 0 Å². The van der Waals surface area contributed by atoms with Gasteiger partial charge in [-0.2, -0.15) is 0 Å². The summed E-state index contributed by atoms with van der Waals surface area (Å²) in [6.45, 7) is 2.66. The SMILES string of the molecule is C[C@@]1(C(=O)N(Cc2c(F)cccc2Cl)C2CC2)CCCO1. The molecule has 0 spiro atoms. The standard InChI is InChI=1S/C16H19ClFNO2/c1-16(8-3-9-21-16)15(20)19(11-6-7-11)10-12-13(17)4-2-5-14(12)18/h2,4-5,11H,3,6-10H2,1H3/t16-/m0/s1. The van der Waals surface area contributed by atoms with Gasteiger partial charge in [0.1, 0.15) is 11.4 Å². The highest BCUT2D eigenvalue weighted by Crippen LogP contribution is 2.35. The number of hydrogen-bond donors (Lipinski definition) is 0. The smallest absolute Gasteiger partial charge is 0.255 e. The highest BCUT2D eigenvalue weighted by molar-refractivity contribution is 6.31. The molecule has 0 N–H and O–H groups in total. The van der Waals surface area contributed by atoms with Gasteiger partial charge in [-0.1, -0.05) is 17.7 Å². The summed E-state index contributed by atoms with van der Waals surface area (Å²) in [6.07, 6.45) is 3.54. The van der Waals surface area contributed by atoms with E-state index < -0.39 is 5.60 Å². The van der Waals surface area contributed by atoms with Gasteiger partial charge in [-0.15, -0.1) is 0 Å². The number of carbonyl (C=O) groups is 1. The Morgan fingerprint density at radius 1 is 1.52 bits per heavy atom. The number of rotatable bonds is 4. The summed E-state index contributed by atoms with van der Waals surface area (Å²) in [5.41, 5.74) is -0.374. The van der Waals surface area contributed by atoms with Crippen LogP contribution in [0.3, 0.4) is 0 Å². The van der Waals surface area contributed by atoms with Crippen LogP contribution in [0.2, 0.25) is 5.02 Å². The maximum absolute atomic E-state index is 14.0. The normalized spacial score (nSPS) is 25.1. The molecule has 0 aromatic heterocycles. The molecule has 2 fully saturated rings. The van der Waals surface area contributed by atoms with E-state index in [2.05, 4.69) is 0 Å². The van der Waals surface area contributed by atoms with Crippen molar-refractivity contribution in [1.82, 2.24) is 4.90 Å². The first-order valence-corrected chi connectivity index (χ1v) is 7.77. The number of ether oxygens (including phenoxy) is 1. The zero-order valence-electron chi connectivity index (χ0n) is 12.1. The molecular weight excluding hydrogens is 293 g/mol. The Bertz CT molecular complexity index is 533. The second kappa shape index (κ2) is 5.58. The summed E-state index contributed by atoms with van der Waals surface area (Å²) in [7, 11) is 0. The van der Waals surface area contributed by atoms with Gasteiger partial charge in [-0.25, -0.2) is 4.39 Å². The van der Waals surface area contributed by atoms with E-state index in [0.717, 1.165) is 25.7 Å². The van der Waals surface area contributed by atoms with Crippen LogP contribution < -0.4 is 0 Å². The number of nitrogens with zero attached hydrogens (tertiary/aromatic N) is 1. The number of benzene rings is 1. The van der Waals surface area contributed by atoms with E-state index in [1.54, 1.807) is 17.0 Å². The number of halogens is 2. The lowest BCUT2D eigenvalue weighted by atomic mass is 10.0. The van der Waals surface area contributed by atoms with E-state index in [1.165, 1.54) is 6.07 Å². The summed E-state index contributed by atoms with van der Waals surface area (Å²) in [5, 5.41) is 0.367. The van der Waals surface area contributed by atoms with Gasteiger partial charge in [0.25, 0.3) is 5.91 Å². The second-order valence-corrected chi connectivity index (χ2v) is 6.45. The second-order valence-electron chi connectivity index (χ2n) is 6.05. The van der Waals surface area contributed by atoms with Crippen LogP contribution in [0.4, 0.5) is 4.39 Å². The van der Waals surface area contributed by atoms with Gasteiger partial charge in [-0.3, -0.25) is 4.79 Å². The highest BCUT2D eigenvalue weighted by Gasteiger charge is 2.45. The first kappa shape index (κ1) is 14.8. The minimum atomic E-state index is -0.764. The van der Waals surface area contributed by atoms with Crippen LogP contribution in [0, 0.1) is 5.82 Å². The molecule has 21 heavy (non-hydrogen) atoms. The predicted molar refractivity (Wildman–Crippen MR) is 78.6 cm³/mol. The largest absolute Gasteiger partial charge is 0.365 e. The molecule has 0 bridgehead atoms. The predicted octanol–water partition coefficient (Wildman–Crippen LogP) is 3.54. The van der Waals surface area contributed by atoms with E-state index in [-0.39, 0.29) is 24.3 Å². The third-order valence-electron chi connectivity index (χ3n) is 4.31. The maximum atomic E-state index is 14.0. The Morgan fingerprint density at radius 3 is 2.86 bits per heavy atom. The molecule has 3 nitrogen and oxygen atoms in total. The molecule has 1 aliphatic carbocycles. The lowest BCUT2D eigenvalue weighted by Crippen LogP contribution is -2.47. The van der Waals surface area contributed by atoms with E-state index in [4.69, 9.17) is 16.3 Å². The molecule has 1 atom stereocenters. The Labute approximate surface area is 129 Å². The molecule has 2 aliphatic rings. The van der Waals surface area contributed by atoms with Crippen molar-refractivity contribution in [3.8, 4) is 0 Å². The minimum Gasteiger partial charge on any atom is -0.365 e. The first-order valence-electron chi connectivity index (χ1n) is 7.39. The van der Waals surface area contributed by atoms with Crippen molar-refractivity contribution in [2.45, 2.75) is 50.8 Å². The third kappa shape index (κ3) is 2.92. The average Bonchev–Trinajstić information content (AvgIpc) is 3.19. The van der Waals surface area contributed by atoms with Gasteiger partial charge >= 0.3 is 0 Å². The molecule has 3 rings (SSSR count). The number of hydrogen-bond acceptors (Lipinski definition) is 2. The van der Waals surface area contributed by atoms with Crippen LogP contribution in [-0.4, -0.2) is 29.1 Å². The van der Waals surface area contributed by atoms with Crippen LogP contribution in [0.5, 0.6) is 0 Å². The van der Waals surface area contributed by atoms with Gasteiger partial charge < -0.3 is 9.64 Å².